The molecule has 0 aliphatic rings. The Morgan fingerprint density at radius 1 is 1.53 bits per heavy atom. The molecular weight excluding hydrogens is 244 g/mol. The Kier molecular flexibility index (Phi) is 3.25. The van der Waals surface area contributed by atoms with Gasteiger partial charge in [-0.15, -0.1) is 0 Å². The van der Waals surface area contributed by atoms with Gasteiger partial charge in [0.15, 0.2) is 5.69 Å². The van der Waals surface area contributed by atoms with Crippen molar-refractivity contribution < 1.29 is 4.79 Å². The van der Waals surface area contributed by atoms with Gasteiger partial charge in [0.25, 0.3) is 0 Å². The molecule has 0 spiro atoms. The van der Waals surface area contributed by atoms with Crippen molar-refractivity contribution in [1.29, 1.82) is 5.26 Å². The number of aryl methyl sites for hydroxylation is 1. The molecule has 7 nitrogen and oxygen atoms in total. The molecule has 19 heavy (non-hydrogen) atoms. The molecule has 0 bridgehead atoms. The number of hydrogen-bond acceptors (Lipinski definition) is 5. The van der Waals surface area contributed by atoms with Gasteiger partial charge in [0, 0.05) is 14.0 Å². The van der Waals surface area contributed by atoms with Gasteiger partial charge in [0.2, 0.25) is 5.91 Å². The van der Waals surface area contributed by atoms with E-state index in [1.807, 2.05) is 6.07 Å². The van der Waals surface area contributed by atoms with Crippen molar-refractivity contribution in [2.75, 3.05) is 11.9 Å². The molecule has 0 atom stereocenters. The molecule has 0 saturated carbocycles. The molecule has 0 saturated heterocycles. The first-order chi connectivity index (χ1) is 9.04. The molecule has 0 aliphatic heterocycles. The molecule has 0 unspecified atom stereocenters. The van der Waals surface area contributed by atoms with Gasteiger partial charge in [0.05, 0.1) is 23.8 Å². The Bertz CT molecular complexity index is 669. The van der Waals surface area contributed by atoms with Gasteiger partial charge in [-0.2, -0.15) is 10.4 Å². The van der Waals surface area contributed by atoms with Crippen molar-refractivity contribution in [2.45, 2.75) is 13.8 Å². The molecule has 2 aromatic heterocycles. The summed E-state index contributed by atoms with van der Waals surface area (Å²) in [5.41, 5.74) is 2.08. The minimum absolute atomic E-state index is 0.0903. The van der Waals surface area contributed by atoms with E-state index in [1.54, 1.807) is 20.2 Å². The molecule has 7 heteroatoms. The summed E-state index contributed by atoms with van der Waals surface area (Å²) >= 11 is 0. The molecule has 0 radical (unpaired) electrons. The second-order valence-corrected chi connectivity index (χ2v) is 3.99. The normalized spacial score (nSPS) is 10.0. The molecular formula is C12H12N6O. The highest BCUT2D eigenvalue weighted by Crippen LogP contribution is 2.20. The maximum absolute atomic E-state index is 11.4. The predicted octanol–water partition coefficient (Wildman–Crippen LogP) is 0.825. The summed E-state index contributed by atoms with van der Waals surface area (Å²) in [7, 11) is 1.67. The monoisotopic (exact) mass is 256 g/mol. The minimum atomic E-state index is -0.0903. The topological polar surface area (TPSA) is 87.7 Å². The highest BCUT2D eigenvalue weighted by molar-refractivity contribution is 5.91. The van der Waals surface area contributed by atoms with E-state index in [1.165, 1.54) is 29.0 Å². The molecule has 2 rings (SSSR count). The molecule has 0 aromatic carbocycles. The van der Waals surface area contributed by atoms with Crippen LogP contribution in [0.2, 0.25) is 0 Å². The summed E-state index contributed by atoms with van der Waals surface area (Å²) in [6.07, 6.45) is 4.49. The molecule has 0 aliphatic carbocycles. The van der Waals surface area contributed by atoms with E-state index in [0.717, 1.165) is 0 Å². The first-order valence-electron chi connectivity index (χ1n) is 5.55. The lowest BCUT2D eigenvalue weighted by Gasteiger charge is -2.12. The molecule has 1 amide bonds. The number of hydrogen-bond donors (Lipinski definition) is 0. The van der Waals surface area contributed by atoms with Crippen LogP contribution in [-0.2, 0) is 4.79 Å². The number of nitriles is 1. The number of aromatic nitrogens is 4. The van der Waals surface area contributed by atoms with Crippen molar-refractivity contribution in [1.82, 2.24) is 19.7 Å². The van der Waals surface area contributed by atoms with Gasteiger partial charge in [-0.05, 0) is 6.92 Å². The minimum Gasteiger partial charge on any atom is -0.313 e. The highest BCUT2D eigenvalue weighted by Gasteiger charge is 2.15. The van der Waals surface area contributed by atoms with E-state index >= 15 is 0 Å². The van der Waals surface area contributed by atoms with Gasteiger partial charge in [-0.1, -0.05) is 0 Å². The fourth-order valence-electron chi connectivity index (χ4n) is 1.65. The van der Waals surface area contributed by atoms with Crippen LogP contribution in [0.15, 0.2) is 18.7 Å². The van der Waals surface area contributed by atoms with Crippen LogP contribution in [0.5, 0.6) is 0 Å². The highest BCUT2D eigenvalue weighted by atomic mass is 16.2. The lowest BCUT2D eigenvalue weighted by atomic mass is 10.3. The van der Waals surface area contributed by atoms with Gasteiger partial charge in [0.1, 0.15) is 18.1 Å². The third kappa shape index (κ3) is 2.28. The zero-order valence-corrected chi connectivity index (χ0v) is 10.8. The largest absolute Gasteiger partial charge is 0.313 e. The van der Waals surface area contributed by atoms with Crippen molar-refractivity contribution in [3.8, 4) is 11.8 Å². The van der Waals surface area contributed by atoms with Gasteiger partial charge in [-0.3, -0.25) is 4.79 Å². The van der Waals surface area contributed by atoms with Crippen molar-refractivity contribution in [3.05, 3.63) is 30.1 Å². The molecule has 2 heterocycles. The number of nitrogens with zero attached hydrogens (tertiary/aromatic N) is 6. The lowest BCUT2D eigenvalue weighted by molar-refractivity contribution is -0.116. The summed E-state index contributed by atoms with van der Waals surface area (Å²) < 4.78 is 1.50. The predicted molar refractivity (Wildman–Crippen MR) is 67.7 cm³/mol. The third-order valence-electron chi connectivity index (χ3n) is 2.75. The Hall–Kier alpha value is -2.75. The van der Waals surface area contributed by atoms with Crippen molar-refractivity contribution >= 4 is 11.6 Å². The van der Waals surface area contributed by atoms with E-state index in [-0.39, 0.29) is 11.6 Å². The zero-order chi connectivity index (χ0) is 14.0. The number of amides is 1. The van der Waals surface area contributed by atoms with Crippen LogP contribution < -0.4 is 4.90 Å². The van der Waals surface area contributed by atoms with E-state index in [0.29, 0.717) is 17.1 Å². The summed E-state index contributed by atoms with van der Waals surface area (Å²) in [5.74, 6) is -0.0903. The average molecular weight is 256 g/mol. The fraction of sp³-hybridized carbons (Fsp3) is 0.250. The van der Waals surface area contributed by atoms with Gasteiger partial charge in [-0.25, -0.2) is 14.6 Å². The number of carbonyl (C=O) groups excluding carboxylic acids is 1. The van der Waals surface area contributed by atoms with Crippen LogP contribution in [0.1, 0.15) is 18.3 Å². The summed E-state index contributed by atoms with van der Waals surface area (Å²) in [4.78, 5) is 20.6. The van der Waals surface area contributed by atoms with Crippen LogP contribution in [-0.4, -0.2) is 32.7 Å². The average Bonchev–Trinajstić information content (AvgIpc) is 2.79. The second-order valence-electron chi connectivity index (χ2n) is 3.99. The van der Waals surface area contributed by atoms with Crippen LogP contribution >= 0.6 is 0 Å². The number of anilines is 1. The fourth-order valence-corrected chi connectivity index (χ4v) is 1.65. The van der Waals surface area contributed by atoms with Gasteiger partial charge >= 0.3 is 0 Å². The molecule has 2 aromatic rings. The maximum Gasteiger partial charge on any atom is 0.223 e. The SMILES string of the molecule is CC(=O)N(C)c1cn(-c2cncnc2C#N)nc1C. The maximum atomic E-state index is 11.4. The second kappa shape index (κ2) is 4.86. The first-order valence-corrected chi connectivity index (χ1v) is 5.55. The molecule has 0 fully saturated rings. The van der Waals surface area contributed by atoms with Gasteiger partial charge < -0.3 is 4.90 Å². The summed E-state index contributed by atoms with van der Waals surface area (Å²) in [6, 6.07) is 1.98. The molecule has 96 valence electrons. The number of carbonyl (C=O) groups is 1. The summed E-state index contributed by atoms with van der Waals surface area (Å²) in [6.45, 7) is 3.27. The van der Waals surface area contributed by atoms with E-state index < -0.39 is 0 Å². The quantitative estimate of drug-likeness (QED) is 0.794. The van der Waals surface area contributed by atoms with Crippen molar-refractivity contribution in [2.24, 2.45) is 0 Å². The standard InChI is InChI=1S/C12H12N6O/c1-8-12(17(3)9(2)19)6-18(16-8)11-5-14-7-15-10(11)4-13/h5-7H,1-3H3. The first kappa shape index (κ1) is 12.7. The van der Waals surface area contributed by atoms with Crippen LogP contribution in [0.25, 0.3) is 5.69 Å². The zero-order valence-electron chi connectivity index (χ0n) is 10.8. The van der Waals surface area contributed by atoms with E-state index in [4.69, 9.17) is 5.26 Å². The third-order valence-corrected chi connectivity index (χ3v) is 2.75. The number of rotatable bonds is 2. The Balaban J connectivity index is 2.51. The molecule has 0 N–H and O–H groups in total. The Morgan fingerprint density at radius 2 is 2.26 bits per heavy atom. The summed E-state index contributed by atoms with van der Waals surface area (Å²) in [5, 5.41) is 13.3. The van der Waals surface area contributed by atoms with Crippen LogP contribution in [0, 0.1) is 18.3 Å². The van der Waals surface area contributed by atoms with Crippen LogP contribution in [0.3, 0.4) is 0 Å². The van der Waals surface area contributed by atoms with Crippen molar-refractivity contribution in [3.63, 3.8) is 0 Å². The van der Waals surface area contributed by atoms with E-state index in [2.05, 4.69) is 15.1 Å². The Labute approximate surface area is 110 Å². The lowest BCUT2D eigenvalue weighted by Crippen LogP contribution is -2.23. The van der Waals surface area contributed by atoms with Crippen LogP contribution in [0.4, 0.5) is 5.69 Å². The van der Waals surface area contributed by atoms with E-state index in [9.17, 15) is 4.79 Å². The smallest absolute Gasteiger partial charge is 0.223 e. The Morgan fingerprint density at radius 3 is 2.89 bits per heavy atom.